The molecule has 13 heteroatoms. The highest BCUT2D eigenvalue weighted by molar-refractivity contribution is 7.92. The highest BCUT2D eigenvalue weighted by Gasteiger charge is 2.35. The second kappa shape index (κ2) is 14.0. The predicted molar refractivity (Wildman–Crippen MR) is 162 cm³/mol. The van der Waals surface area contributed by atoms with E-state index in [2.05, 4.69) is 5.32 Å². The Hall–Kier alpha value is -3.28. The van der Waals surface area contributed by atoms with Crippen LogP contribution in [0, 0.1) is 6.92 Å². The number of rotatable bonds is 11. The number of alkyl halides is 3. The molecule has 2 amide bonds. The van der Waals surface area contributed by atoms with E-state index in [4.69, 9.17) is 23.2 Å². The Labute approximate surface area is 259 Å². The normalized spacial score (nSPS) is 13.2. The summed E-state index contributed by atoms with van der Waals surface area (Å²) in [5, 5.41) is 3.35. The van der Waals surface area contributed by atoms with E-state index in [1.165, 1.54) is 43.3 Å². The minimum absolute atomic E-state index is 0.203. The van der Waals surface area contributed by atoms with Crippen LogP contribution in [0.5, 0.6) is 0 Å². The van der Waals surface area contributed by atoms with Gasteiger partial charge in [0.15, 0.2) is 0 Å². The Balaban J connectivity index is 2.11. The van der Waals surface area contributed by atoms with Gasteiger partial charge < -0.3 is 10.2 Å². The first-order chi connectivity index (χ1) is 20.0. The summed E-state index contributed by atoms with van der Waals surface area (Å²) < 4.78 is 69.2. The third-order valence-corrected chi connectivity index (χ3v) is 9.25. The van der Waals surface area contributed by atoms with E-state index in [1.807, 2.05) is 6.92 Å². The smallest absolute Gasteiger partial charge is 0.352 e. The third kappa shape index (κ3) is 8.64. The second-order valence-electron chi connectivity index (χ2n) is 10.1. The van der Waals surface area contributed by atoms with Crippen LogP contribution in [0.4, 0.5) is 18.9 Å². The lowest BCUT2D eigenvalue weighted by Crippen LogP contribution is -2.52. The lowest BCUT2D eigenvalue weighted by molar-refractivity contribution is -0.139. The van der Waals surface area contributed by atoms with Crippen LogP contribution in [0.15, 0.2) is 71.6 Å². The zero-order chi connectivity index (χ0) is 32.1. The number of hydrogen-bond donors (Lipinski definition) is 1. The minimum Gasteiger partial charge on any atom is -0.352 e. The Bertz CT molecular complexity index is 1570. The summed E-state index contributed by atoms with van der Waals surface area (Å²) >= 11 is 12.4. The number of carbonyl (C=O) groups excluding carboxylic acids is 2. The largest absolute Gasteiger partial charge is 0.416 e. The molecule has 0 saturated heterocycles. The zero-order valence-electron chi connectivity index (χ0n) is 24.0. The van der Waals surface area contributed by atoms with Crippen molar-refractivity contribution in [3.63, 3.8) is 0 Å². The van der Waals surface area contributed by atoms with Gasteiger partial charge in [-0.3, -0.25) is 13.9 Å². The van der Waals surface area contributed by atoms with Crippen LogP contribution in [0.3, 0.4) is 0 Å². The second-order valence-corrected chi connectivity index (χ2v) is 12.8. The summed E-state index contributed by atoms with van der Waals surface area (Å²) in [5.41, 5.74) is -0.278. The highest BCUT2D eigenvalue weighted by atomic mass is 35.5. The average molecular weight is 659 g/mol. The van der Waals surface area contributed by atoms with E-state index < -0.39 is 46.2 Å². The first-order valence-electron chi connectivity index (χ1n) is 13.3. The molecule has 0 fully saturated rings. The number of carbonyl (C=O) groups is 2. The topological polar surface area (TPSA) is 86.8 Å². The zero-order valence-corrected chi connectivity index (χ0v) is 26.3. The molecule has 1 N–H and O–H groups in total. The van der Waals surface area contributed by atoms with Crippen molar-refractivity contribution >= 4 is 50.7 Å². The number of halogens is 5. The van der Waals surface area contributed by atoms with Crippen molar-refractivity contribution in [2.75, 3.05) is 10.8 Å². The molecule has 3 rings (SSSR count). The molecule has 7 nitrogen and oxygen atoms in total. The van der Waals surface area contributed by atoms with Crippen LogP contribution < -0.4 is 9.62 Å². The van der Waals surface area contributed by atoms with Crippen molar-refractivity contribution in [2.24, 2.45) is 0 Å². The molecule has 232 valence electrons. The van der Waals surface area contributed by atoms with Crippen molar-refractivity contribution in [2.45, 2.75) is 63.8 Å². The Kier molecular flexibility index (Phi) is 11.1. The summed E-state index contributed by atoms with van der Waals surface area (Å²) in [4.78, 5) is 28.0. The number of nitrogens with one attached hydrogen (secondary N) is 1. The van der Waals surface area contributed by atoms with Gasteiger partial charge in [-0.05, 0) is 75.2 Å². The monoisotopic (exact) mass is 657 g/mol. The Morgan fingerprint density at radius 1 is 0.977 bits per heavy atom. The van der Waals surface area contributed by atoms with Gasteiger partial charge in [0.2, 0.25) is 11.8 Å². The number of nitrogens with zero attached hydrogens (tertiary/aromatic N) is 2. The number of anilines is 1. The summed E-state index contributed by atoms with van der Waals surface area (Å²) in [6.07, 6.45) is -4.15. The van der Waals surface area contributed by atoms with E-state index in [0.29, 0.717) is 27.4 Å². The molecular weight excluding hydrogens is 626 g/mol. The van der Waals surface area contributed by atoms with Gasteiger partial charge in [-0.25, -0.2) is 8.42 Å². The number of benzene rings is 3. The molecule has 2 atom stereocenters. The van der Waals surface area contributed by atoms with Gasteiger partial charge in [-0.15, -0.1) is 0 Å². The molecule has 0 aliphatic heterocycles. The van der Waals surface area contributed by atoms with Gasteiger partial charge in [0.1, 0.15) is 12.6 Å². The van der Waals surface area contributed by atoms with Crippen LogP contribution in [0.1, 0.15) is 43.9 Å². The van der Waals surface area contributed by atoms with Gasteiger partial charge in [-0.1, -0.05) is 60.0 Å². The predicted octanol–water partition coefficient (Wildman–Crippen LogP) is 6.85. The molecule has 2 unspecified atom stereocenters. The molecule has 0 bridgehead atoms. The summed E-state index contributed by atoms with van der Waals surface area (Å²) in [7, 11) is -4.54. The van der Waals surface area contributed by atoms with Gasteiger partial charge in [-0.2, -0.15) is 13.2 Å². The lowest BCUT2D eigenvalue weighted by Gasteiger charge is -2.32. The fourth-order valence-electron chi connectivity index (χ4n) is 4.09. The molecular formula is C30H32Cl2F3N3O4S. The first-order valence-corrected chi connectivity index (χ1v) is 15.5. The number of hydrogen-bond acceptors (Lipinski definition) is 4. The van der Waals surface area contributed by atoms with Crippen LogP contribution in [-0.4, -0.2) is 43.8 Å². The van der Waals surface area contributed by atoms with Crippen LogP contribution in [0.2, 0.25) is 10.0 Å². The molecule has 0 saturated carbocycles. The molecule has 0 spiro atoms. The van der Waals surface area contributed by atoms with E-state index in [1.54, 1.807) is 26.0 Å². The molecule has 3 aromatic carbocycles. The van der Waals surface area contributed by atoms with Gasteiger partial charge in [0, 0.05) is 22.6 Å². The molecule has 3 aromatic rings. The maximum Gasteiger partial charge on any atom is 0.416 e. The SMILES string of the molecule is CCC(C)NC(=O)C(C)N(Cc1ccc(Cl)cc1Cl)C(=O)CN(c1cccc(C(F)(F)F)c1)S(=O)(=O)c1ccc(C)cc1. The van der Waals surface area contributed by atoms with Crippen molar-refractivity contribution in [3.8, 4) is 0 Å². The standard InChI is InChI=1S/C30H32Cl2F3N3O4S/c1-5-20(3)36-29(40)21(4)37(17-22-11-12-24(31)16-27(22)32)28(39)18-38(25-8-6-7-23(15-25)30(33,34)35)43(41,42)26-13-9-19(2)10-14-26/h6-16,20-21H,5,17-18H2,1-4H3,(H,36,40). The van der Waals surface area contributed by atoms with Crippen molar-refractivity contribution in [1.82, 2.24) is 10.2 Å². The Morgan fingerprint density at radius 2 is 1.63 bits per heavy atom. The van der Waals surface area contributed by atoms with Crippen molar-refractivity contribution in [1.29, 1.82) is 0 Å². The number of sulfonamides is 1. The maximum atomic E-state index is 14.0. The highest BCUT2D eigenvalue weighted by Crippen LogP contribution is 2.33. The van der Waals surface area contributed by atoms with Crippen LogP contribution in [0.25, 0.3) is 0 Å². The molecule has 0 aromatic heterocycles. The van der Waals surface area contributed by atoms with Gasteiger partial charge in [0.05, 0.1) is 16.1 Å². The number of aryl methyl sites for hydroxylation is 1. The fourth-order valence-corrected chi connectivity index (χ4v) is 5.96. The van der Waals surface area contributed by atoms with Crippen molar-refractivity contribution < 1.29 is 31.2 Å². The summed E-state index contributed by atoms with van der Waals surface area (Å²) in [6.45, 7) is 5.78. The summed E-state index contributed by atoms with van der Waals surface area (Å²) in [5.74, 6) is -1.34. The third-order valence-electron chi connectivity index (χ3n) is 6.87. The van der Waals surface area contributed by atoms with E-state index in [0.717, 1.165) is 22.6 Å². The molecule has 43 heavy (non-hydrogen) atoms. The van der Waals surface area contributed by atoms with Gasteiger partial charge >= 0.3 is 6.18 Å². The number of amides is 2. The lowest BCUT2D eigenvalue weighted by atomic mass is 10.1. The molecule has 0 radical (unpaired) electrons. The van der Waals surface area contributed by atoms with Gasteiger partial charge in [0.25, 0.3) is 10.0 Å². The average Bonchev–Trinajstić information content (AvgIpc) is 2.94. The summed E-state index contributed by atoms with van der Waals surface area (Å²) in [6, 6.07) is 12.7. The van der Waals surface area contributed by atoms with Crippen LogP contribution in [-0.2, 0) is 32.3 Å². The minimum atomic E-state index is -4.76. The first kappa shape index (κ1) is 34.2. The molecule has 0 aliphatic carbocycles. The maximum absolute atomic E-state index is 14.0. The quantitative estimate of drug-likeness (QED) is 0.244. The van der Waals surface area contributed by atoms with Crippen LogP contribution >= 0.6 is 23.2 Å². The fraction of sp³-hybridized carbons (Fsp3) is 0.333. The van der Waals surface area contributed by atoms with E-state index in [-0.39, 0.29) is 28.2 Å². The molecule has 0 aliphatic rings. The Morgan fingerprint density at radius 3 is 2.21 bits per heavy atom. The van der Waals surface area contributed by atoms with E-state index >= 15 is 0 Å². The molecule has 0 heterocycles. The van der Waals surface area contributed by atoms with Crippen molar-refractivity contribution in [3.05, 3.63) is 93.5 Å². The van der Waals surface area contributed by atoms with E-state index in [9.17, 15) is 31.2 Å².